The molecule has 2 aromatic carbocycles. The van der Waals surface area contributed by atoms with E-state index in [2.05, 4.69) is 17.6 Å². The van der Waals surface area contributed by atoms with E-state index in [0.29, 0.717) is 12.6 Å². The minimum Gasteiger partial charge on any atom is -0.457 e. The molecule has 1 fully saturated rings. The number of carbonyl (C=O) groups is 1. The molecule has 2 aromatic rings. The SMILES string of the molecule is Cc1ccc(CNC(=O)[C@H]2CCN[C@@H](C)C2)c(Oc2ccccc2)c1.Cl. The van der Waals surface area contributed by atoms with Crippen molar-refractivity contribution >= 4 is 18.3 Å². The van der Waals surface area contributed by atoms with Crippen molar-refractivity contribution < 1.29 is 9.53 Å². The number of halogens is 1. The fraction of sp³-hybridized carbons (Fsp3) is 0.381. The van der Waals surface area contributed by atoms with Crippen LogP contribution in [0, 0.1) is 12.8 Å². The monoisotopic (exact) mass is 374 g/mol. The zero-order chi connectivity index (χ0) is 17.6. The van der Waals surface area contributed by atoms with Crippen LogP contribution in [0.4, 0.5) is 0 Å². The number of hydrogen-bond donors (Lipinski definition) is 2. The molecule has 0 unspecified atom stereocenters. The van der Waals surface area contributed by atoms with Gasteiger partial charge in [-0.25, -0.2) is 0 Å². The van der Waals surface area contributed by atoms with E-state index in [1.807, 2.05) is 55.5 Å². The first kappa shape index (κ1) is 20.3. The predicted molar refractivity (Wildman–Crippen MR) is 107 cm³/mol. The van der Waals surface area contributed by atoms with Gasteiger partial charge in [-0.1, -0.05) is 30.3 Å². The third-order valence-electron chi connectivity index (χ3n) is 4.64. The molecule has 4 nitrogen and oxygen atoms in total. The summed E-state index contributed by atoms with van der Waals surface area (Å²) in [6, 6.07) is 16.2. The molecular weight excluding hydrogens is 348 g/mol. The summed E-state index contributed by atoms with van der Waals surface area (Å²) in [5.74, 6) is 1.83. The van der Waals surface area contributed by atoms with Gasteiger partial charge in [0.05, 0.1) is 0 Å². The lowest BCUT2D eigenvalue weighted by atomic mass is 9.92. The lowest BCUT2D eigenvalue weighted by molar-refractivity contribution is -0.126. The lowest BCUT2D eigenvalue weighted by Gasteiger charge is -2.27. The van der Waals surface area contributed by atoms with Gasteiger partial charge < -0.3 is 15.4 Å². The van der Waals surface area contributed by atoms with Crippen LogP contribution < -0.4 is 15.4 Å². The first-order valence-corrected chi connectivity index (χ1v) is 8.95. The molecular formula is C21H27ClN2O2. The van der Waals surface area contributed by atoms with E-state index in [0.717, 1.165) is 42.0 Å². The third kappa shape index (κ3) is 5.48. The van der Waals surface area contributed by atoms with Gasteiger partial charge >= 0.3 is 0 Å². The molecule has 2 N–H and O–H groups in total. The molecule has 1 aliphatic rings. The first-order valence-electron chi connectivity index (χ1n) is 8.95. The average Bonchev–Trinajstić information content (AvgIpc) is 2.62. The molecule has 1 heterocycles. The zero-order valence-electron chi connectivity index (χ0n) is 15.3. The minimum absolute atomic E-state index is 0. The molecule has 0 bridgehead atoms. The Morgan fingerprint density at radius 2 is 2.00 bits per heavy atom. The summed E-state index contributed by atoms with van der Waals surface area (Å²) in [7, 11) is 0. The number of ether oxygens (including phenoxy) is 1. The fourth-order valence-electron chi connectivity index (χ4n) is 3.22. The van der Waals surface area contributed by atoms with Gasteiger partial charge in [-0.15, -0.1) is 12.4 Å². The van der Waals surface area contributed by atoms with Crippen molar-refractivity contribution in [2.75, 3.05) is 6.54 Å². The van der Waals surface area contributed by atoms with Crippen molar-refractivity contribution in [2.45, 2.75) is 39.3 Å². The van der Waals surface area contributed by atoms with Crippen LogP contribution in [0.1, 0.15) is 30.9 Å². The van der Waals surface area contributed by atoms with E-state index in [-0.39, 0.29) is 24.2 Å². The van der Waals surface area contributed by atoms with Crippen LogP contribution in [-0.2, 0) is 11.3 Å². The van der Waals surface area contributed by atoms with Gasteiger partial charge in [-0.3, -0.25) is 4.79 Å². The van der Waals surface area contributed by atoms with Crippen LogP contribution in [0.5, 0.6) is 11.5 Å². The Labute approximate surface area is 161 Å². The fourth-order valence-corrected chi connectivity index (χ4v) is 3.22. The number of rotatable bonds is 5. The van der Waals surface area contributed by atoms with Gasteiger partial charge in [-0.2, -0.15) is 0 Å². The highest BCUT2D eigenvalue weighted by molar-refractivity contribution is 5.85. The van der Waals surface area contributed by atoms with Crippen molar-refractivity contribution in [1.82, 2.24) is 10.6 Å². The highest BCUT2D eigenvalue weighted by atomic mass is 35.5. The van der Waals surface area contributed by atoms with Gasteiger partial charge in [0, 0.05) is 24.1 Å². The Balaban J connectivity index is 0.00000243. The second kappa shape index (κ2) is 9.60. The zero-order valence-corrected chi connectivity index (χ0v) is 16.1. The predicted octanol–water partition coefficient (Wildman–Crippen LogP) is 4.21. The van der Waals surface area contributed by atoms with Crippen LogP contribution in [0.3, 0.4) is 0 Å². The molecule has 0 aliphatic carbocycles. The summed E-state index contributed by atoms with van der Waals surface area (Å²) in [6.07, 6.45) is 1.80. The van der Waals surface area contributed by atoms with Crippen LogP contribution >= 0.6 is 12.4 Å². The smallest absolute Gasteiger partial charge is 0.223 e. The maximum Gasteiger partial charge on any atom is 0.223 e. The highest BCUT2D eigenvalue weighted by Crippen LogP contribution is 2.26. The summed E-state index contributed by atoms with van der Waals surface area (Å²) in [6.45, 7) is 5.56. The van der Waals surface area contributed by atoms with Gasteiger partial charge in [0.2, 0.25) is 5.91 Å². The highest BCUT2D eigenvalue weighted by Gasteiger charge is 2.24. The van der Waals surface area contributed by atoms with Gasteiger partial charge in [0.1, 0.15) is 11.5 Å². The van der Waals surface area contributed by atoms with E-state index in [1.165, 1.54) is 0 Å². The Morgan fingerprint density at radius 1 is 1.23 bits per heavy atom. The number of piperidine rings is 1. The van der Waals surface area contributed by atoms with Gasteiger partial charge in [-0.05, 0) is 57.0 Å². The van der Waals surface area contributed by atoms with E-state index >= 15 is 0 Å². The average molecular weight is 375 g/mol. The molecule has 1 aliphatic heterocycles. The Bertz CT molecular complexity index is 721. The maximum atomic E-state index is 12.5. The molecule has 3 rings (SSSR count). The second-order valence-corrected chi connectivity index (χ2v) is 6.82. The van der Waals surface area contributed by atoms with E-state index < -0.39 is 0 Å². The second-order valence-electron chi connectivity index (χ2n) is 6.82. The van der Waals surface area contributed by atoms with Crippen molar-refractivity contribution in [3.63, 3.8) is 0 Å². The quantitative estimate of drug-likeness (QED) is 0.824. The van der Waals surface area contributed by atoms with Crippen molar-refractivity contribution in [3.8, 4) is 11.5 Å². The Kier molecular flexibility index (Phi) is 7.49. The van der Waals surface area contributed by atoms with Crippen LogP contribution in [-0.4, -0.2) is 18.5 Å². The number of benzene rings is 2. The van der Waals surface area contributed by atoms with E-state index in [4.69, 9.17) is 4.74 Å². The molecule has 0 aromatic heterocycles. The molecule has 1 saturated heterocycles. The van der Waals surface area contributed by atoms with Crippen LogP contribution in [0.25, 0.3) is 0 Å². The van der Waals surface area contributed by atoms with E-state index in [1.54, 1.807) is 0 Å². The molecule has 1 amide bonds. The first-order chi connectivity index (χ1) is 12.1. The Morgan fingerprint density at radius 3 is 2.73 bits per heavy atom. The topological polar surface area (TPSA) is 50.4 Å². The molecule has 0 radical (unpaired) electrons. The van der Waals surface area contributed by atoms with Crippen molar-refractivity contribution in [3.05, 3.63) is 59.7 Å². The molecule has 140 valence electrons. The van der Waals surface area contributed by atoms with Crippen molar-refractivity contribution in [2.24, 2.45) is 5.92 Å². The standard InChI is InChI=1S/C21H26N2O2.ClH/c1-15-8-9-18(20(12-15)25-19-6-4-3-5-7-19)14-23-21(24)17-10-11-22-16(2)13-17;/h3-9,12,16-17,22H,10-11,13-14H2,1-2H3,(H,23,24);1H/t16-,17-;/m0./s1. The van der Waals surface area contributed by atoms with Crippen LogP contribution in [0.2, 0.25) is 0 Å². The van der Waals surface area contributed by atoms with Crippen LogP contribution in [0.15, 0.2) is 48.5 Å². The molecule has 5 heteroatoms. The number of hydrogen-bond acceptors (Lipinski definition) is 3. The minimum atomic E-state index is 0. The summed E-state index contributed by atoms with van der Waals surface area (Å²) < 4.78 is 6.02. The summed E-state index contributed by atoms with van der Waals surface area (Å²) in [4.78, 5) is 12.5. The lowest BCUT2D eigenvalue weighted by Crippen LogP contribution is -2.42. The number of para-hydroxylation sites is 1. The number of carbonyl (C=O) groups excluding carboxylic acids is 1. The normalized spacial score (nSPS) is 19.3. The largest absolute Gasteiger partial charge is 0.457 e. The number of aryl methyl sites for hydroxylation is 1. The molecule has 0 saturated carbocycles. The third-order valence-corrected chi connectivity index (χ3v) is 4.64. The number of nitrogens with one attached hydrogen (secondary N) is 2. The molecule has 0 spiro atoms. The van der Waals surface area contributed by atoms with E-state index in [9.17, 15) is 4.79 Å². The molecule has 26 heavy (non-hydrogen) atoms. The van der Waals surface area contributed by atoms with Gasteiger partial charge in [0.15, 0.2) is 0 Å². The maximum absolute atomic E-state index is 12.5. The summed E-state index contributed by atoms with van der Waals surface area (Å²) >= 11 is 0. The Hall–Kier alpha value is -2.04. The summed E-state index contributed by atoms with van der Waals surface area (Å²) in [5.41, 5.74) is 2.12. The van der Waals surface area contributed by atoms with Gasteiger partial charge in [0.25, 0.3) is 0 Å². The van der Waals surface area contributed by atoms with Crippen molar-refractivity contribution in [1.29, 1.82) is 0 Å². The summed E-state index contributed by atoms with van der Waals surface area (Å²) in [5, 5.41) is 6.47. The number of amides is 1. The molecule has 2 atom stereocenters.